The molecule has 0 bridgehead atoms. The summed E-state index contributed by atoms with van der Waals surface area (Å²) in [6.07, 6.45) is 1.37. The third-order valence-electron chi connectivity index (χ3n) is 2.51. The predicted molar refractivity (Wildman–Crippen MR) is 65.2 cm³/mol. The molecule has 0 aliphatic carbocycles. The van der Waals surface area contributed by atoms with Gasteiger partial charge < -0.3 is 9.15 Å². The highest BCUT2D eigenvalue weighted by Gasteiger charge is 2.06. The molecule has 3 nitrogen and oxygen atoms in total. The number of benzene rings is 1. The van der Waals surface area contributed by atoms with Gasteiger partial charge in [0.1, 0.15) is 12.4 Å². The Balaban J connectivity index is 2.12. The predicted octanol–water partition coefficient (Wildman–Crippen LogP) is 2.84. The first-order chi connectivity index (χ1) is 8.16. The molecule has 0 unspecified atom stereocenters. The molecule has 0 atom stereocenters. The minimum Gasteiger partial charge on any atom is -0.482 e. The maximum absolute atomic E-state index is 11.5. The molecule has 0 saturated heterocycles. The minimum atomic E-state index is -0.152. The average Bonchev–Trinajstić information content (AvgIpc) is 2.31. The van der Waals surface area contributed by atoms with Crippen LogP contribution in [0.5, 0.6) is 5.75 Å². The molecule has 2 rings (SSSR count). The second-order valence-corrected chi connectivity index (χ2v) is 3.94. The lowest BCUT2D eigenvalue weighted by Crippen LogP contribution is -2.08. The second-order valence-electron chi connectivity index (χ2n) is 3.94. The van der Waals surface area contributed by atoms with Crippen molar-refractivity contribution in [3.8, 4) is 5.75 Å². The van der Waals surface area contributed by atoms with E-state index < -0.39 is 0 Å². The SMILES string of the molecule is Cc1ccc(COc2c(C)occc2=O)cc1. The van der Waals surface area contributed by atoms with Gasteiger partial charge in [-0.3, -0.25) is 4.79 Å². The van der Waals surface area contributed by atoms with Crippen LogP contribution in [-0.2, 0) is 6.61 Å². The van der Waals surface area contributed by atoms with Crippen LogP contribution in [0.1, 0.15) is 16.9 Å². The van der Waals surface area contributed by atoms with Crippen LogP contribution < -0.4 is 10.2 Å². The van der Waals surface area contributed by atoms with Crippen molar-refractivity contribution in [3.63, 3.8) is 0 Å². The molecule has 0 spiro atoms. The van der Waals surface area contributed by atoms with Crippen LogP contribution >= 0.6 is 0 Å². The van der Waals surface area contributed by atoms with Crippen molar-refractivity contribution in [2.45, 2.75) is 20.5 Å². The molecule has 88 valence electrons. The summed E-state index contributed by atoms with van der Waals surface area (Å²) in [7, 11) is 0. The van der Waals surface area contributed by atoms with Gasteiger partial charge in [0.05, 0.1) is 6.26 Å². The Kier molecular flexibility index (Phi) is 3.28. The van der Waals surface area contributed by atoms with E-state index in [0.717, 1.165) is 5.56 Å². The molecule has 0 aliphatic rings. The zero-order valence-corrected chi connectivity index (χ0v) is 9.90. The van der Waals surface area contributed by atoms with Crippen molar-refractivity contribution >= 4 is 0 Å². The first-order valence-corrected chi connectivity index (χ1v) is 5.43. The molecule has 17 heavy (non-hydrogen) atoms. The summed E-state index contributed by atoms with van der Waals surface area (Å²) in [5.74, 6) is 0.790. The first kappa shape index (κ1) is 11.5. The van der Waals surface area contributed by atoms with Gasteiger partial charge in [-0.05, 0) is 19.4 Å². The smallest absolute Gasteiger partial charge is 0.227 e. The summed E-state index contributed by atoms with van der Waals surface area (Å²) >= 11 is 0. The van der Waals surface area contributed by atoms with E-state index in [1.165, 1.54) is 17.9 Å². The number of hydrogen-bond acceptors (Lipinski definition) is 3. The monoisotopic (exact) mass is 230 g/mol. The summed E-state index contributed by atoms with van der Waals surface area (Å²) < 4.78 is 10.6. The molecule has 1 aromatic carbocycles. The fourth-order valence-electron chi connectivity index (χ4n) is 1.51. The lowest BCUT2D eigenvalue weighted by molar-refractivity contribution is 0.286. The van der Waals surface area contributed by atoms with Crippen molar-refractivity contribution < 1.29 is 9.15 Å². The van der Waals surface area contributed by atoms with Crippen LogP contribution in [-0.4, -0.2) is 0 Å². The van der Waals surface area contributed by atoms with Crippen LogP contribution in [0.15, 0.2) is 45.8 Å². The standard InChI is InChI=1S/C14H14O3/c1-10-3-5-12(6-4-10)9-17-14-11(2)16-8-7-13(14)15/h3-8H,9H2,1-2H3. The lowest BCUT2D eigenvalue weighted by Gasteiger charge is -2.07. The van der Waals surface area contributed by atoms with Crippen molar-refractivity contribution in [2.24, 2.45) is 0 Å². The van der Waals surface area contributed by atoms with Gasteiger partial charge in [0.2, 0.25) is 11.2 Å². The minimum absolute atomic E-state index is 0.152. The summed E-state index contributed by atoms with van der Waals surface area (Å²) in [5.41, 5.74) is 2.07. The van der Waals surface area contributed by atoms with Crippen LogP contribution in [0, 0.1) is 13.8 Å². The molecule has 1 aromatic heterocycles. The van der Waals surface area contributed by atoms with Gasteiger partial charge in [-0.15, -0.1) is 0 Å². The van der Waals surface area contributed by atoms with Crippen molar-refractivity contribution in [3.05, 3.63) is 63.7 Å². The Bertz CT molecular complexity index is 552. The van der Waals surface area contributed by atoms with Gasteiger partial charge in [0.25, 0.3) is 0 Å². The molecule has 0 fully saturated rings. The summed E-state index contributed by atoms with van der Waals surface area (Å²) in [6.45, 7) is 4.11. The first-order valence-electron chi connectivity index (χ1n) is 5.43. The largest absolute Gasteiger partial charge is 0.482 e. The van der Waals surface area contributed by atoms with Gasteiger partial charge in [-0.1, -0.05) is 29.8 Å². The zero-order valence-electron chi connectivity index (χ0n) is 9.90. The summed E-state index contributed by atoms with van der Waals surface area (Å²) in [4.78, 5) is 11.5. The topological polar surface area (TPSA) is 39.4 Å². The second kappa shape index (κ2) is 4.87. The van der Waals surface area contributed by atoms with Crippen molar-refractivity contribution in [2.75, 3.05) is 0 Å². The van der Waals surface area contributed by atoms with Gasteiger partial charge in [0, 0.05) is 6.07 Å². The Hall–Kier alpha value is -2.03. The normalized spacial score (nSPS) is 10.2. The molecule has 0 saturated carbocycles. The quantitative estimate of drug-likeness (QED) is 0.813. The van der Waals surface area contributed by atoms with Crippen molar-refractivity contribution in [1.82, 2.24) is 0 Å². The fraction of sp³-hybridized carbons (Fsp3) is 0.214. The Morgan fingerprint density at radius 3 is 2.47 bits per heavy atom. The van der Waals surface area contributed by atoms with E-state index in [-0.39, 0.29) is 11.2 Å². The molecule has 2 aromatic rings. The van der Waals surface area contributed by atoms with E-state index in [1.807, 2.05) is 31.2 Å². The van der Waals surface area contributed by atoms with Crippen LogP contribution in [0.3, 0.4) is 0 Å². The van der Waals surface area contributed by atoms with Gasteiger partial charge in [-0.2, -0.15) is 0 Å². The molecule has 0 N–H and O–H groups in total. The van der Waals surface area contributed by atoms with Gasteiger partial charge >= 0.3 is 0 Å². The highest BCUT2D eigenvalue weighted by molar-refractivity contribution is 5.25. The average molecular weight is 230 g/mol. The van der Waals surface area contributed by atoms with E-state index >= 15 is 0 Å². The molecule has 0 aliphatic heterocycles. The Morgan fingerprint density at radius 1 is 1.12 bits per heavy atom. The van der Waals surface area contributed by atoms with Crippen LogP contribution in [0.25, 0.3) is 0 Å². The number of rotatable bonds is 3. The summed E-state index contributed by atoms with van der Waals surface area (Å²) in [6, 6.07) is 9.35. The summed E-state index contributed by atoms with van der Waals surface area (Å²) in [5, 5.41) is 0. The van der Waals surface area contributed by atoms with Gasteiger partial charge in [0.15, 0.2) is 0 Å². The molecule has 1 heterocycles. The number of hydrogen-bond donors (Lipinski definition) is 0. The van der Waals surface area contributed by atoms with Crippen LogP contribution in [0.2, 0.25) is 0 Å². The zero-order chi connectivity index (χ0) is 12.3. The third-order valence-corrected chi connectivity index (χ3v) is 2.51. The van der Waals surface area contributed by atoms with Crippen LogP contribution in [0.4, 0.5) is 0 Å². The maximum Gasteiger partial charge on any atom is 0.227 e. The highest BCUT2D eigenvalue weighted by atomic mass is 16.5. The third kappa shape index (κ3) is 2.75. The molecular formula is C14H14O3. The van der Waals surface area contributed by atoms with E-state index in [2.05, 4.69) is 0 Å². The molecule has 0 radical (unpaired) electrons. The van der Waals surface area contributed by atoms with E-state index in [9.17, 15) is 4.79 Å². The lowest BCUT2D eigenvalue weighted by atomic mass is 10.2. The molecule has 0 amide bonds. The van der Waals surface area contributed by atoms with E-state index in [4.69, 9.17) is 9.15 Å². The maximum atomic E-state index is 11.5. The van der Waals surface area contributed by atoms with E-state index in [0.29, 0.717) is 12.4 Å². The molecule has 3 heteroatoms. The van der Waals surface area contributed by atoms with Crippen molar-refractivity contribution in [1.29, 1.82) is 0 Å². The Morgan fingerprint density at radius 2 is 1.82 bits per heavy atom. The fourth-order valence-corrected chi connectivity index (χ4v) is 1.51. The van der Waals surface area contributed by atoms with Gasteiger partial charge in [-0.25, -0.2) is 0 Å². The Labute approximate surface area is 99.7 Å². The van der Waals surface area contributed by atoms with E-state index in [1.54, 1.807) is 6.92 Å². The number of aryl methyl sites for hydroxylation is 2. The number of ether oxygens (including phenoxy) is 1. The molecular weight excluding hydrogens is 216 g/mol. The highest BCUT2D eigenvalue weighted by Crippen LogP contribution is 2.13.